The van der Waals surface area contributed by atoms with E-state index >= 15 is 0 Å². The maximum absolute atomic E-state index is 14.8. The number of fused-ring (bicyclic) bond motifs is 1. The number of carbonyl (C=O) groups is 4. The first-order valence-corrected chi connectivity index (χ1v) is 17.4. The molecule has 5 rings (SSSR count). The Hall–Kier alpha value is -4.28. The summed E-state index contributed by atoms with van der Waals surface area (Å²) in [5.74, 6) is -3.48. The van der Waals surface area contributed by atoms with Crippen molar-refractivity contribution in [2.24, 2.45) is 11.8 Å². The van der Waals surface area contributed by atoms with Gasteiger partial charge in [-0.3, -0.25) is 19.2 Å². The quantitative estimate of drug-likeness (QED) is 0.185. The molecule has 2 aromatic carbocycles. The van der Waals surface area contributed by atoms with Crippen molar-refractivity contribution in [2.75, 3.05) is 19.7 Å². The highest BCUT2D eigenvalue weighted by Gasteiger charge is 2.76. The largest absolute Gasteiger partial charge is 0.455 e. The monoisotopic (exact) mass is 671 g/mol. The molecule has 0 aliphatic carbocycles. The summed E-state index contributed by atoms with van der Waals surface area (Å²) >= 11 is 0. The molecule has 0 saturated carbocycles. The molecule has 3 fully saturated rings. The van der Waals surface area contributed by atoms with Crippen LogP contribution in [0.5, 0.6) is 0 Å². The van der Waals surface area contributed by atoms with E-state index in [0.29, 0.717) is 30.4 Å². The molecule has 2 bridgehead atoms. The van der Waals surface area contributed by atoms with Crippen LogP contribution in [-0.2, 0) is 28.7 Å². The number of amides is 3. The maximum atomic E-state index is 14.8. The molecule has 3 saturated heterocycles. The predicted octanol–water partition coefficient (Wildman–Crippen LogP) is 4.66. The van der Waals surface area contributed by atoms with Crippen LogP contribution in [-0.4, -0.2) is 82.1 Å². The zero-order valence-corrected chi connectivity index (χ0v) is 28.5. The average molecular weight is 672 g/mol. The second-order valence-electron chi connectivity index (χ2n) is 13.3. The number of hydrogen-bond acceptors (Lipinski definition) is 7. The number of nitrogens with one attached hydrogen (secondary N) is 1. The Morgan fingerprint density at radius 2 is 1.78 bits per heavy atom. The number of allylic oxidation sites excluding steroid dienone is 1. The predicted molar refractivity (Wildman–Crippen MR) is 185 cm³/mol. The van der Waals surface area contributed by atoms with Crippen molar-refractivity contribution < 1.29 is 33.8 Å². The van der Waals surface area contributed by atoms with Gasteiger partial charge in [0.05, 0.1) is 37.1 Å². The molecule has 2 N–H and O–H groups in total. The normalized spacial score (nSPS) is 25.6. The minimum atomic E-state index is -1.28. The molecule has 2 aromatic rings. The molecule has 0 aromatic heterocycles. The van der Waals surface area contributed by atoms with Gasteiger partial charge in [0.2, 0.25) is 17.7 Å². The van der Waals surface area contributed by atoms with Gasteiger partial charge in [-0.25, -0.2) is 0 Å². The van der Waals surface area contributed by atoms with Gasteiger partial charge in [-0.05, 0) is 43.7 Å². The summed E-state index contributed by atoms with van der Waals surface area (Å²) in [6, 6.07) is 16.2. The Kier molecular flexibility index (Phi) is 11.7. The van der Waals surface area contributed by atoms with Gasteiger partial charge in [-0.1, -0.05) is 86.2 Å². The Morgan fingerprint density at radius 3 is 2.39 bits per heavy atom. The van der Waals surface area contributed by atoms with Crippen molar-refractivity contribution in [1.82, 2.24) is 15.1 Å². The van der Waals surface area contributed by atoms with Gasteiger partial charge in [0, 0.05) is 19.0 Å². The van der Waals surface area contributed by atoms with E-state index in [1.807, 2.05) is 67.6 Å². The van der Waals surface area contributed by atoms with Crippen molar-refractivity contribution in [3.63, 3.8) is 0 Å². The lowest BCUT2D eigenvalue weighted by Gasteiger charge is -2.41. The van der Waals surface area contributed by atoms with E-state index in [-0.39, 0.29) is 37.4 Å². The SMILES string of the molecule is C=CCCC(=O)NC[C@H](OC(=O)[C@@H]1[C@H]2C(=O)N([C@H](CO)c3ccccc3)[C@H](C(=O)N(CC=C)C(C)CCC)[C@]23CC[C@H]1O3)c1ccccc1. The third-order valence-electron chi connectivity index (χ3n) is 10.3. The summed E-state index contributed by atoms with van der Waals surface area (Å²) in [4.78, 5) is 59.6. The first-order chi connectivity index (χ1) is 23.7. The van der Waals surface area contributed by atoms with Crippen molar-refractivity contribution in [2.45, 2.75) is 88.3 Å². The molecule has 3 aliphatic heterocycles. The highest BCUT2D eigenvalue weighted by molar-refractivity contribution is 5.98. The maximum Gasteiger partial charge on any atom is 0.313 e. The molecule has 8 atom stereocenters. The van der Waals surface area contributed by atoms with Gasteiger partial charge in [0.25, 0.3) is 0 Å². The first kappa shape index (κ1) is 36.0. The summed E-state index contributed by atoms with van der Waals surface area (Å²) in [6.07, 6.45) is 5.17. The van der Waals surface area contributed by atoms with E-state index in [2.05, 4.69) is 25.4 Å². The summed E-state index contributed by atoms with van der Waals surface area (Å²) < 4.78 is 12.8. The zero-order valence-electron chi connectivity index (χ0n) is 28.5. The molecule has 10 heteroatoms. The molecule has 0 radical (unpaired) electrons. The van der Waals surface area contributed by atoms with Gasteiger partial charge >= 0.3 is 5.97 Å². The summed E-state index contributed by atoms with van der Waals surface area (Å²) in [5.41, 5.74) is 0.0897. The molecule has 262 valence electrons. The van der Waals surface area contributed by atoms with Crippen LogP contribution in [0, 0.1) is 11.8 Å². The van der Waals surface area contributed by atoms with Crippen molar-refractivity contribution in [3.05, 3.63) is 97.1 Å². The smallest absolute Gasteiger partial charge is 0.313 e. The van der Waals surface area contributed by atoms with Crippen molar-refractivity contribution >= 4 is 23.7 Å². The van der Waals surface area contributed by atoms with Gasteiger partial charge in [0.15, 0.2) is 0 Å². The molecular formula is C39H49N3O7. The van der Waals surface area contributed by atoms with Gasteiger partial charge < -0.3 is 29.7 Å². The minimum absolute atomic E-state index is 0.0490. The molecule has 3 heterocycles. The number of rotatable bonds is 17. The number of ether oxygens (including phenoxy) is 2. The van der Waals surface area contributed by atoms with E-state index < -0.39 is 60.2 Å². The van der Waals surface area contributed by atoms with Crippen LogP contribution in [0.15, 0.2) is 86.0 Å². The van der Waals surface area contributed by atoms with E-state index in [1.165, 1.54) is 4.90 Å². The van der Waals surface area contributed by atoms with E-state index in [0.717, 1.165) is 12.8 Å². The Bertz CT molecular complexity index is 1500. The molecular weight excluding hydrogens is 622 g/mol. The summed E-state index contributed by atoms with van der Waals surface area (Å²) in [5, 5.41) is 13.7. The molecule has 3 amide bonds. The highest BCUT2D eigenvalue weighted by atomic mass is 16.6. The van der Waals surface area contributed by atoms with Gasteiger partial charge in [0.1, 0.15) is 17.7 Å². The third-order valence-corrected chi connectivity index (χ3v) is 10.3. The van der Waals surface area contributed by atoms with Gasteiger partial charge in [-0.15, -0.1) is 13.2 Å². The number of benzene rings is 2. The number of nitrogens with zero attached hydrogens (tertiary/aromatic N) is 2. The summed E-state index contributed by atoms with van der Waals surface area (Å²) in [6.45, 7) is 11.5. The van der Waals surface area contributed by atoms with Gasteiger partial charge in [-0.2, -0.15) is 0 Å². The second kappa shape index (κ2) is 16.0. The van der Waals surface area contributed by atoms with Crippen LogP contribution >= 0.6 is 0 Å². The van der Waals surface area contributed by atoms with Crippen LogP contribution < -0.4 is 5.32 Å². The number of aliphatic hydroxyl groups excluding tert-OH is 1. The Labute approximate surface area is 289 Å². The number of aliphatic hydroxyl groups is 1. The van der Waals surface area contributed by atoms with E-state index in [4.69, 9.17) is 9.47 Å². The number of esters is 1. The fraction of sp³-hybridized carbons (Fsp3) is 0.487. The second-order valence-corrected chi connectivity index (χ2v) is 13.3. The zero-order chi connectivity index (χ0) is 35.1. The van der Waals surface area contributed by atoms with Crippen molar-refractivity contribution in [1.29, 1.82) is 0 Å². The standard InChI is InChI=1S/C39H49N3O7/c1-5-8-20-32(44)40-24-31(28-18-13-10-14-19-28)48-38(47)33-30-21-22-39(49-30)34(33)36(45)42(29(25-43)27-16-11-9-12-17-27)35(39)37(46)41(23-7-3)26(4)15-6-2/h5,7,9-14,16-19,26,29-31,33-35,43H,1,3,6,8,15,20-25H2,2,4H3,(H,40,44)/t26?,29-,30-,31+,33+,34+,35-,39+/m1/s1. The topological polar surface area (TPSA) is 125 Å². The van der Waals surface area contributed by atoms with Crippen LogP contribution in [0.4, 0.5) is 0 Å². The minimum Gasteiger partial charge on any atom is -0.455 e. The number of hydrogen-bond donors (Lipinski definition) is 2. The highest BCUT2D eigenvalue weighted by Crippen LogP contribution is 2.60. The van der Waals surface area contributed by atoms with E-state index in [1.54, 1.807) is 17.1 Å². The molecule has 49 heavy (non-hydrogen) atoms. The lowest BCUT2D eigenvalue weighted by molar-refractivity contribution is -0.161. The third kappa shape index (κ3) is 7.07. The fourth-order valence-corrected chi connectivity index (χ4v) is 8.00. The van der Waals surface area contributed by atoms with Crippen LogP contribution in [0.2, 0.25) is 0 Å². The van der Waals surface area contributed by atoms with Crippen LogP contribution in [0.1, 0.15) is 75.6 Å². The number of carbonyl (C=O) groups excluding carboxylic acids is 4. The number of likely N-dealkylation sites (tertiary alicyclic amines) is 1. The molecule has 10 nitrogen and oxygen atoms in total. The average Bonchev–Trinajstić information content (AvgIpc) is 3.76. The molecule has 3 aliphatic rings. The van der Waals surface area contributed by atoms with Crippen molar-refractivity contribution in [3.8, 4) is 0 Å². The lowest BCUT2D eigenvalue weighted by atomic mass is 9.70. The first-order valence-electron chi connectivity index (χ1n) is 17.4. The Balaban J connectivity index is 1.51. The molecule has 1 unspecified atom stereocenters. The summed E-state index contributed by atoms with van der Waals surface area (Å²) in [7, 11) is 0. The lowest BCUT2D eigenvalue weighted by Crippen LogP contribution is -2.58. The molecule has 1 spiro atoms. The van der Waals surface area contributed by atoms with E-state index in [9.17, 15) is 24.3 Å². The fourth-order valence-electron chi connectivity index (χ4n) is 8.00. The van der Waals surface area contributed by atoms with Crippen LogP contribution in [0.3, 0.4) is 0 Å². The van der Waals surface area contributed by atoms with Crippen LogP contribution in [0.25, 0.3) is 0 Å². The Morgan fingerprint density at radius 1 is 1.10 bits per heavy atom.